The smallest absolute Gasteiger partial charge is 0.244 e. The molecule has 0 saturated heterocycles. The summed E-state index contributed by atoms with van der Waals surface area (Å²) in [6.45, 7) is 7.77. The molecule has 0 unspecified atom stereocenters. The van der Waals surface area contributed by atoms with E-state index in [4.69, 9.17) is 0 Å². The molecule has 3 aromatic rings. The summed E-state index contributed by atoms with van der Waals surface area (Å²) in [6, 6.07) is 18.2. The van der Waals surface area contributed by atoms with Crippen LogP contribution in [0.25, 0.3) is 11.8 Å². The normalized spacial score (nSPS) is 11.3. The molecular formula is C24H28N4O. The second kappa shape index (κ2) is 10.4. The van der Waals surface area contributed by atoms with Crippen molar-refractivity contribution < 1.29 is 4.79 Å². The standard InChI is InChI=1S/C24H28N4O/c1-3-27(4-2)19-22-11-9-8-10-21(22)17-25-24(29)15-14-20-16-26-28(18-20)23-12-6-5-7-13-23/h5-16,18H,3-4,17,19H2,1-2H3,(H,25,29)/b15-14+. The highest BCUT2D eigenvalue weighted by atomic mass is 16.1. The summed E-state index contributed by atoms with van der Waals surface area (Å²) in [7, 11) is 0. The van der Waals surface area contributed by atoms with Crippen molar-refractivity contribution in [2.24, 2.45) is 0 Å². The lowest BCUT2D eigenvalue weighted by atomic mass is 10.1. The average Bonchev–Trinajstić information content (AvgIpc) is 3.25. The molecule has 0 atom stereocenters. The van der Waals surface area contributed by atoms with Gasteiger partial charge in [-0.05, 0) is 42.4 Å². The van der Waals surface area contributed by atoms with Crippen LogP contribution in [0.3, 0.4) is 0 Å². The molecule has 1 N–H and O–H groups in total. The fraction of sp³-hybridized carbons (Fsp3) is 0.250. The molecule has 5 nitrogen and oxygen atoms in total. The van der Waals surface area contributed by atoms with Gasteiger partial charge in [-0.2, -0.15) is 5.10 Å². The fourth-order valence-corrected chi connectivity index (χ4v) is 3.13. The van der Waals surface area contributed by atoms with Gasteiger partial charge in [-0.15, -0.1) is 0 Å². The topological polar surface area (TPSA) is 50.2 Å². The SMILES string of the molecule is CCN(CC)Cc1ccccc1CNC(=O)/C=C/c1cnn(-c2ccccc2)c1. The van der Waals surface area contributed by atoms with Crippen LogP contribution >= 0.6 is 0 Å². The number of para-hydroxylation sites is 1. The van der Waals surface area contributed by atoms with Crippen molar-refractivity contribution >= 4 is 12.0 Å². The van der Waals surface area contributed by atoms with Gasteiger partial charge >= 0.3 is 0 Å². The van der Waals surface area contributed by atoms with Crippen molar-refractivity contribution in [3.63, 3.8) is 0 Å². The Morgan fingerprint density at radius 3 is 2.45 bits per heavy atom. The molecule has 0 aliphatic rings. The predicted molar refractivity (Wildman–Crippen MR) is 118 cm³/mol. The lowest BCUT2D eigenvalue weighted by Crippen LogP contribution is -2.25. The van der Waals surface area contributed by atoms with E-state index in [1.165, 1.54) is 5.56 Å². The maximum atomic E-state index is 12.3. The maximum absolute atomic E-state index is 12.3. The van der Waals surface area contributed by atoms with E-state index >= 15 is 0 Å². The van der Waals surface area contributed by atoms with E-state index in [2.05, 4.69) is 47.4 Å². The van der Waals surface area contributed by atoms with Crippen LogP contribution in [0.1, 0.15) is 30.5 Å². The molecule has 0 aliphatic carbocycles. The van der Waals surface area contributed by atoms with Crippen molar-refractivity contribution in [2.45, 2.75) is 26.9 Å². The zero-order chi connectivity index (χ0) is 20.5. The third-order valence-electron chi connectivity index (χ3n) is 4.91. The van der Waals surface area contributed by atoms with E-state index in [1.54, 1.807) is 23.0 Å². The minimum absolute atomic E-state index is 0.116. The van der Waals surface area contributed by atoms with Gasteiger partial charge < -0.3 is 5.32 Å². The highest BCUT2D eigenvalue weighted by molar-refractivity contribution is 5.91. The predicted octanol–water partition coefficient (Wildman–Crippen LogP) is 4.04. The Hall–Kier alpha value is -3.18. The molecule has 3 rings (SSSR count). The van der Waals surface area contributed by atoms with E-state index in [1.807, 2.05) is 42.6 Å². The molecule has 2 aromatic carbocycles. The van der Waals surface area contributed by atoms with Crippen LogP contribution in [0.2, 0.25) is 0 Å². The second-order valence-electron chi connectivity index (χ2n) is 6.84. The molecule has 0 bridgehead atoms. The molecule has 1 aromatic heterocycles. The number of nitrogens with one attached hydrogen (secondary N) is 1. The molecule has 0 fully saturated rings. The first-order valence-electron chi connectivity index (χ1n) is 10.0. The number of hydrogen-bond donors (Lipinski definition) is 1. The maximum Gasteiger partial charge on any atom is 0.244 e. The number of nitrogens with zero attached hydrogens (tertiary/aromatic N) is 3. The summed E-state index contributed by atoms with van der Waals surface area (Å²) >= 11 is 0. The van der Waals surface area contributed by atoms with Crippen LogP contribution in [0, 0.1) is 0 Å². The number of carbonyl (C=O) groups is 1. The summed E-state index contributed by atoms with van der Waals surface area (Å²) in [4.78, 5) is 14.6. The molecular weight excluding hydrogens is 360 g/mol. The first-order valence-corrected chi connectivity index (χ1v) is 10.0. The zero-order valence-corrected chi connectivity index (χ0v) is 17.1. The number of benzene rings is 2. The van der Waals surface area contributed by atoms with Crippen LogP contribution in [-0.4, -0.2) is 33.7 Å². The first kappa shape index (κ1) is 20.6. The van der Waals surface area contributed by atoms with Gasteiger partial charge in [-0.3, -0.25) is 9.69 Å². The fourth-order valence-electron chi connectivity index (χ4n) is 3.13. The lowest BCUT2D eigenvalue weighted by molar-refractivity contribution is -0.116. The summed E-state index contributed by atoms with van der Waals surface area (Å²) in [5, 5.41) is 7.33. The summed E-state index contributed by atoms with van der Waals surface area (Å²) in [5.41, 5.74) is 4.27. The van der Waals surface area contributed by atoms with E-state index in [-0.39, 0.29) is 5.91 Å². The number of hydrogen-bond acceptors (Lipinski definition) is 3. The Balaban J connectivity index is 1.57. The Morgan fingerprint density at radius 2 is 1.72 bits per heavy atom. The van der Waals surface area contributed by atoms with Gasteiger partial charge in [-0.25, -0.2) is 4.68 Å². The van der Waals surface area contributed by atoms with Gasteiger partial charge in [-0.1, -0.05) is 56.3 Å². The van der Waals surface area contributed by atoms with Crippen LogP contribution in [0.15, 0.2) is 73.1 Å². The third-order valence-corrected chi connectivity index (χ3v) is 4.91. The van der Waals surface area contributed by atoms with Gasteiger partial charge in [0, 0.05) is 30.9 Å². The molecule has 0 aliphatic heterocycles. The van der Waals surface area contributed by atoms with Crippen LogP contribution in [0.4, 0.5) is 0 Å². The Morgan fingerprint density at radius 1 is 1.03 bits per heavy atom. The summed E-state index contributed by atoms with van der Waals surface area (Å²) in [6.07, 6.45) is 6.98. The number of carbonyl (C=O) groups excluding carboxylic acids is 1. The summed E-state index contributed by atoms with van der Waals surface area (Å²) in [5.74, 6) is -0.116. The number of rotatable bonds is 9. The average molecular weight is 389 g/mol. The molecule has 0 spiro atoms. The van der Waals surface area contributed by atoms with Crippen molar-refractivity contribution in [1.82, 2.24) is 20.0 Å². The second-order valence-corrected chi connectivity index (χ2v) is 6.84. The molecule has 1 heterocycles. The summed E-state index contributed by atoms with van der Waals surface area (Å²) < 4.78 is 1.79. The molecule has 5 heteroatoms. The van der Waals surface area contributed by atoms with Gasteiger partial charge in [0.15, 0.2) is 0 Å². The molecule has 150 valence electrons. The van der Waals surface area contributed by atoms with Crippen molar-refractivity contribution in [3.05, 3.63) is 89.8 Å². The third kappa shape index (κ3) is 5.90. The zero-order valence-electron chi connectivity index (χ0n) is 17.1. The Bertz CT molecular complexity index is 942. The van der Waals surface area contributed by atoms with E-state index in [0.717, 1.165) is 36.4 Å². The van der Waals surface area contributed by atoms with Gasteiger partial charge in [0.05, 0.1) is 11.9 Å². The van der Waals surface area contributed by atoms with Gasteiger partial charge in [0.1, 0.15) is 0 Å². The van der Waals surface area contributed by atoms with Crippen molar-refractivity contribution in [3.8, 4) is 5.69 Å². The van der Waals surface area contributed by atoms with Crippen LogP contribution < -0.4 is 5.32 Å². The minimum atomic E-state index is -0.116. The number of amides is 1. The Labute approximate surface area is 172 Å². The van der Waals surface area contributed by atoms with Crippen molar-refractivity contribution in [2.75, 3.05) is 13.1 Å². The largest absolute Gasteiger partial charge is 0.348 e. The van der Waals surface area contributed by atoms with Gasteiger partial charge in [0.2, 0.25) is 5.91 Å². The molecule has 1 amide bonds. The molecule has 0 saturated carbocycles. The van der Waals surface area contributed by atoms with Crippen LogP contribution in [-0.2, 0) is 17.9 Å². The monoisotopic (exact) mass is 388 g/mol. The molecule has 0 radical (unpaired) electrons. The molecule has 29 heavy (non-hydrogen) atoms. The lowest BCUT2D eigenvalue weighted by Gasteiger charge is -2.20. The highest BCUT2D eigenvalue weighted by Crippen LogP contribution is 2.12. The van der Waals surface area contributed by atoms with E-state index < -0.39 is 0 Å². The highest BCUT2D eigenvalue weighted by Gasteiger charge is 2.07. The quantitative estimate of drug-likeness (QED) is 0.563. The minimum Gasteiger partial charge on any atom is -0.348 e. The Kier molecular flexibility index (Phi) is 7.36. The van der Waals surface area contributed by atoms with Crippen molar-refractivity contribution in [1.29, 1.82) is 0 Å². The first-order chi connectivity index (χ1) is 14.2. The van der Waals surface area contributed by atoms with E-state index in [0.29, 0.717) is 6.54 Å². The van der Waals surface area contributed by atoms with Crippen LogP contribution in [0.5, 0.6) is 0 Å². The number of aromatic nitrogens is 2. The van der Waals surface area contributed by atoms with E-state index in [9.17, 15) is 4.79 Å². The van der Waals surface area contributed by atoms with Gasteiger partial charge in [0.25, 0.3) is 0 Å².